The van der Waals surface area contributed by atoms with Gasteiger partial charge < -0.3 is 10.1 Å². The van der Waals surface area contributed by atoms with Crippen LogP contribution in [0.25, 0.3) is 5.70 Å². The van der Waals surface area contributed by atoms with Gasteiger partial charge in [0, 0.05) is 18.2 Å². The molecule has 1 amide bonds. The molecule has 0 radical (unpaired) electrons. The fraction of sp³-hybridized carbons (Fsp3) is 0.308. The first kappa shape index (κ1) is 10.7. The van der Waals surface area contributed by atoms with Gasteiger partial charge in [0.1, 0.15) is 5.75 Å². The van der Waals surface area contributed by atoms with E-state index in [4.69, 9.17) is 4.74 Å². The van der Waals surface area contributed by atoms with Crippen molar-refractivity contribution in [1.29, 1.82) is 0 Å². The molecule has 1 aromatic carbocycles. The third-order valence-electron chi connectivity index (χ3n) is 2.68. The summed E-state index contributed by atoms with van der Waals surface area (Å²) < 4.78 is 5.19. The number of ether oxygens (including phenoxy) is 1. The molecule has 2 rings (SSSR count). The zero-order valence-corrected chi connectivity index (χ0v) is 9.54. The minimum absolute atomic E-state index is 0.0399. The van der Waals surface area contributed by atoms with Gasteiger partial charge in [-0.15, -0.1) is 0 Å². The van der Waals surface area contributed by atoms with E-state index in [2.05, 4.69) is 17.5 Å². The summed E-state index contributed by atoms with van der Waals surface area (Å²) in [5.74, 6) is 0.777. The fourth-order valence-electron chi connectivity index (χ4n) is 1.94. The van der Waals surface area contributed by atoms with E-state index in [1.165, 1.54) is 12.5 Å². The third kappa shape index (κ3) is 2.08. The van der Waals surface area contributed by atoms with Crippen LogP contribution in [0.3, 0.4) is 0 Å². The highest BCUT2D eigenvalue weighted by Gasteiger charge is 2.14. The van der Waals surface area contributed by atoms with Crippen LogP contribution in [0.5, 0.6) is 5.75 Å². The summed E-state index contributed by atoms with van der Waals surface area (Å²) >= 11 is 0. The number of hydrogen-bond acceptors (Lipinski definition) is 2. The number of hydrogen-bond donors (Lipinski definition) is 1. The van der Waals surface area contributed by atoms with Crippen LogP contribution in [0.15, 0.2) is 24.3 Å². The van der Waals surface area contributed by atoms with Crippen molar-refractivity contribution in [3.05, 3.63) is 35.4 Å². The van der Waals surface area contributed by atoms with Crippen LogP contribution in [0.4, 0.5) is 0 Å². The second-order valence-electron chi connectivity index (χ2n) is 3.86. The smallest absolute Gasteiger partial charge is 0.221 e. The number of carbonyl (C=O) groups is 1. The summed E-state index contributed by atoms with van der Waals surface area (Å²) in [6, 6.07) is 5.98. The van der Waals surface area contributed by atoms with Crippen molar-refractivity contribution >= 4 is 11.6 Å². The molecule has 0 heterocycles. The number of rotatable bonds is 2. The normalized spacial score (nSPS) is 13.8. The van der Waals surface area contributed by atoms with Crippen molar-refractivity contribution in [3.8, 4) is 5.75 Å². The highest BCUT2D eigenvalue weighted by Crippen LogP contribution is 2.28. The van der Waals surface area contributed by atoms with Gasteiger partial charge in [-0.05, 0) is 30.5 Å². The lowest BCUT2D eigenvalue weighted by atomic mass is 9.94. The molecule has 0 saturated carbocycles. The second kappa shape index (κ2) is 4.39. The van der Waals surface area contributed by atoms with Gasteiger partial charge in [0.05, 0.1) is 7.11 Å². The number of nitrogens with one attached hydrogen (secondary N) is 1. The third-order valence-corrected chi connectivity index (χ3v) is 2.68. The number of methoxy groups -OCH3 is 1. The van der Waals surface area contributed by atoms with E-state index in [-0.39, 0.29) is 5.91 Å². The van der Waals surface area contributed by atoms with Crippen molar-refractivity contribution in [2.45, 2.75) is 19.8 Å². The van der Waals surface area contributed by atoms with E-state index in [1.54, 1.807) is 7.11 Å². The monoisotopic (exact) mass is 217 g/mol. The van der Waals surface area contributed by atoms with E-state index in [0.29, 0.717) is 0 Å². The molecule has 0 spiro atoms. The quantitative estimate of drug-likeness (QED) is 0.824. The van der Waals surface area contributed by atoms with Gasteiger partial charge in [0.15, 0.2) is 0 Å². The maximum absolute atomic E-state index is 11.1. The number of fused-ring (bicyclic) bond motifs is 1. The van der Waals surface area contributed by atoms with E-state index in [1.807, 2.05) is 12.1 Å². The first-order valence-electron chi connectivity index (χ1n) is 5.36. The number of carbonyl (C=O) groups excluding carboxylic acids is 1. The van der Waals surface area contributed by atoms with Crippen molar-refractivity contribution in [2.75, 3.05) is 7.11 Å². The molecular weight excluding hydrogens is 202 g/mol. The molecule has 1 N–H and O–H groups in total. The molecule has 0 fully saturated rings. The lowest BCUT2D eigenvalue weighted by molar-refractivity contribution is -0.117. The van der Waals surface area contributed by atoms with Gasteiger partial charge in [0.2, 0.25) is 5.91 Å². The minimum atomic E-state index is -0.0399. The molecule has 0 aliphatic heterocycles. The second-order valence-corrected chi connectivity index (χ2v) is 3.86. The first-order chi connectivity index (χ1) is 7.70. The first-order valence-corrected chi connectivity index (χ1v) is 5.36. The minimum Gasteiger partial charge on any atom is -0.497 e. The molecule has 0 atom stereocenters. The van der Waals surface area contributed by atoms with Crippen LogP contribution in [0, 0.1) is 0 Å². The molecule has 16 heavy (non-hydrogen) atoms. The summed E-state index contributed by atoms with van der Waals surface area (Å²) in [5, 5.41) is 2.86. The summed E-state index contributed by atoms with van der Waals surface area (Å²) in [6.45, 7) is 1.52. The average Bonchev–Trinajstić information content (AvgIpc) is 2.28. The molecule has 3 nitrogen and oxygen atoms in total. The number of benzene rings is 1. The molecule has 0 saturated heterocycles. The Kier molecular flexibility index (Phi) is 2.95. The SMILES string of the molecule is COc1ccc2c(c1)C(NC(C)=O)=CCC2. The highest BCUT2D eigenvalue weighted by molar-refractivity contribution is 5.86. The summed E-state index contributed by atoms with van der Waals surface area (Å²) in [7, 11) is 1.65. The van der Waals surface area contributed by atoms with E-state index >= 15 is 0 Å². The zero-order chi connectivity index (χ0) is 11.5. The van der Waals surface area contributed by atoms with Crippen LogP contribution in [0.1, 0.15) is 24.5 Å². The molecule has 1 aliphatic rings. The lowest BCUT2D eigenvalue weighted by Gasteiger charge is -2.18. The highest BCUT2D eigenvalue weighted by atomic mass is 16.5. The van der Waals surface area contributed by atoms with E-state index < -0.39 is 0 Å². The zero-order valence-electron chi connectivity index (χ0n) is 9.54. The van der Waals surface area contributed by atoms with Gasteiger partial charge in [0.25, 0.3) is 0 Å². The number of allylic oxidation sites excluding steroid dienone is 1. The van der Waals surface area contributed by atoms with Crippen LogP contribution in [-0.4, -0.2) is 13.0 Å². The molecule has 84 valence electrons. The largest absolute Gasteiger partial charge is 0.497 e. The van der Waals surface area contributed by atoms with Crippen LogP contribution < -0.4 is 10.1 Å². The Morgan fingerprint density at radius 3 is 2.94 bits per heavy atom. The predicted octanol–water partition coefficient (Wildman–Crippen LogP) is 2.12. The Balaban J connectivity index is 2.38. The fourth-order valence-corrected chi connectivity index (χ4v) is 1.94. The predicted molar refractivity (Wildman–Crippen MR) is 63.1 cm³/mol. The topological polar surface area (TPSA) is 38.3 Å². The molecule has 0 unspecified atom stereocenters. The lowest BCUT2D eigenvalue weighted by Crippen LogP contribution is -2.20. The van der Waals surface area contributed by atoms with Crippen molar-refractivity contribution in [2.24, 2.45) is 0 Å². The molecule has 3 heteroatoms. The summed E-state index contributed by atoms with van der Waals surface area (Å²) in [4.78, 5) is 11.1. The standard InChI is InChI=1S/C13H15NO2/c1-9(15)14-13-5-3-4-10-6-7-11(16-2)8-12(10)13/h5-8H,3-4H2,1-2H3,(H,14,15). The van der Waals surface area contributed by atoms with Crippen molar-refractivity contribution in [1.82, 2.24) is 5.32 Å². The average molecular weight is 217 g/mol. The number of aryl methyl sites for hydroxylation is 1. The maximum atomic E-state index is 11.1. The van der Waals surface area contributed by atoms with Gasteiger partial charge >= 0.3 is 0 Å². The summed E-state index contributed by atoms with van der Waals surface area (Å²) in [6.07, 6.45) is 4.04. The molecular formula is C13H15NO2. The molecule has 1 aromatic rings. The Hall–Kier alpha value is -1.77. The van der Waals surface area contributed by atoms with Gasteiger partial charge in [-0.25, -0.2) is 0 Å². The summed E-state index contributed by atoms with van der Waals surface area (Å²) in [5.41, 5.74) is 3.22. The van der Waals surface area contributed by atoms with Gasteiger partial charge in [-0.1, -0.05) is 12.1 Å². The van der Waals surface area contributed by atoms with Crippen molar-refractivity contribution in [3.63, 3.8) is 0 Å². The number of amides is 1. The van der Waals surface area contributed by atoms with Crippen LogP contribution in [-0.2, 0) is 11.2 Å². The van der Waals surface area contributed by atoms with Crippen LogP contribution in [0.2, 0.25) is 0 Å². The van der Waals surface area contributed by atoms with E-state index in [0.717, 1.165) is 29.9 Å². The molecule has 0 bridgehead atoms. The Morgan fingerprint density at radius 2 is 2.25 bits per heavy atom. The van der Waals surface area contributed by atoms with E-state index in [9.17, 15) is 4.79 Å². The Bertz CT molecular complexity index is 449. The van der Waals surface area contributed by atoms with Gasteiger partial charge in [-0.2, -0.15) is 0 Å². The maximum Gasteiger partial charge on any atom is 0.221 e. The Labute approximate surface area is 95.1 Å². The molecule has 1 aliphatic carbocycles. The van der Waals surface area contributed by atoms with Crippen molar-refractivity contribution < 1.29 is 9.53 Å². The van der Waals surface area contributed by atoms with Gasteiger partial charge in [-0.3, -0.25) is 4.79 Å². The molecule has 0 aromatic heterocycles. The Morgan fingerprint density at radius 1 is 1.44 bits per heavy atom. The van der Waals surface area contributed by atoms with Crippen LogP contribution >= 0.6 is 0 Å².